The van der Waals surface area contributed by atoms with Crippen molar-refractivity contribution in [2.75, 3.05) is 0 Å². The van der Waals surface area contributed by atoms with Crippen LogP contribution in [-0.2, 0) is 11.2 Å². The maximum absolute atomic E-state index is 11.3. The molecule has 1 aromatic rings. The molecule has 0 saturated carbocycles. The highest BCUT2D eigenvalue weighted by molar-refractivity contribution is 7.16. The standard InChI is InChI=1S/C9H11ClOS/c1-6(2)8(11)5-7-3-4-9(10)12-7/h3-4,6H,5H2,1-2H3. The summed E-state index contributed by atoms with van der Waals surface area (Å²) in [5.41, 5.74) is 0. The second-order valence-corrected chi connectivity index (χ2v) is 4.80. The zero-order valence-corrected chi connectivity index (χ0v) is 8.71. The molecule has 66 valence electrons. The zero-order valence-electron chi connectivity index (χ0n) is 7.13. The first-order chi connectivity index (χ1) is 5.59. The van der Waals surface area contributed by atoms with Crippen LogP contribution in [0.5, 0.6) is 0 Å². The van der Waals surface area contributed by atoms with E-state index >= 15 is 0 Å². The molecular formula is C9H11ClOS. The fourth-order valence-corrected chi connectivity index (χ4v) is 1.92. The van der Waals surface area contributed by atoms with E-state index in [9.17, 15) is 4.79 Å². The number of carbonyl (C=O) groups excluding carboxylic acids is 1. The molecule has 1 heterocycles. The normalized spacial score (nSPS) is 10.7. The lowest BCUT2D eigenvalue weighted by atomic mass is 10.1. The molecule has 0 bridgehead atoms. The second kappa shape index (κ2) is 4.06. The Morgan fingerprint density at radius 3 is 2.67 bits per heavy atom. The van der Waals surface area contributed by atoms with Gasteiger partial charge in [0.1, 0.15) is 5.78 Å². The lowest BCUT2D eigenvalue weighted by Crippen LogP contribution is -2.08. The summed E-state index contributed by atoms with van der Waals surface area (Å²) in [5, 5.41) is 0. The summed E-state index contributed by atoms with van der Waals surface area (Å²) in [6.07, 6.45) is 0.523. The summed E-state index contributed by atoms with van der Waals surface area (Å²) >= 11 is 7.21. The fraction of sp³-hybridized carbons (Fsp3) is 0.444. The summed E-state index contributed by atoms with van der Waals surface area (Å²) in [4.78, 5) is 12.3. The third kappa shape index (κ3) is 2.61. The third-order valence-corrected chi connectivity index (χ3v) is 2.85. The van der Waals surface area contributed by atoms with Crippen LogP contribution in [0.25, 0.3) is 0 Å². The molecule has 0 unspecified atom stereocenters. The number of hydrogen-bond acceptors (Lipinski definition) is 2. The predicted octanol–water partition coefficient (Wildman–Crippen LogP) is 3.17. The molecule has 0 aliphatic heterocycles. The van der Waals surface area contributed by atoms with Gasteiger partial charge in [0.25, 0.3) is 0 Å². The summed E-state index contributed by atoms with van der Waals surface area (Å²) in [5.74, 6) is 0.388. The summed E-state index contributed by atoms with van der Waals surface area (Å²) in [6, 6.07) is 3.74. The van der Waals surface area contributed by atoms with Gasteiger partial charge in [0.15, 0.2) is 0 Å². The Kier molecular flexibility index (Phi) is 3.29. The van der Waals surface area contributed by atoms with Crippen molar-refractivity contribution in [3.05, 3.63) is 21.3 Å². The van der Waals surface area contributed by atoms with Crippen molar-refractivity contribution >= 4 is 28.7 Å². The fourth-order valence-electron chi connectivity index (χ4n) is 0.823. The van der Waals surface area contributed by atoms with Crippen molar-refractivity contribution in [2.24, 2.45) is 5.92 Å². The lowest BCUT2D eigenvalue weighted by Gasteiger charge is -2.00. The number of rotatable bonds is 3. The molecule has 0 aromatic carbocycles. The van der Waals surface area contributed by atoms with Crippen LogP contribution in [-0.4, -0.2) is 5.78 Å². The highest BCUT2D eigenvalue weighted by Gasteiger charge is 2.09. The minimum atomic E-state index is 0.117. The number of hydrogen-bond donors (Lipinski definition) is 0. The van der Waals surface area contributed by atoms with Gasteiger partial charge in [-0.05, 0) is 12.1 Å². The topological polar surface area (TPSA) is 17.1 Å². The van der Waals surface area contributed by atoms with E-state index in [1.807, 2.05) is 26.0 Å². The summed E-state index contributed by atoms with van der Waals surface area (Å²) in [7, 11) is 0. The van der Waals surface area contributed by atoms with E-state index in [0.717, 1.165) is 9.21 Å². The van der Waals surface area contributed by atoms with Crippen molar-refractivity contribution in [2.45, 2.75) is 20.3 Å². The average Bonchev–Trinajstić information content (AvgIpc) is 2.35. The van der Waals surface area contributed by atoms with Gasteiger partial charge in [-0.15, -0.1) is 11.3 Å². The molecule has 0 atom stereocenters. The van der Waals surface area contributed by atoms with Gasteiger partial charge in [0.05, 0.1) is 4.34 Å². The Balaban J connectivity index is 2.58. The molecule has 0 amide bonds. The summed E-state index contributed by atoms with van der Waals surface area (Å²) in [6.45, 7) is 3.83. The number of halogens is 1. The van der Waals surface area contributed by atoms with Crippen molar-refractivity contribution in [3.63, 3.8) is 0 Å². The van der Waals surface area contributed by atoms with E-state index in [0.29, 0.717) is 6.42 Å². The van der Waals surface area contributed by atoms with E-state index < -0.39 is 0 Å². The molecule has 0 saturated heterocycles. The van der Waals surface area contributed by atoms with Crippen LogP contribution in [0.15, 0.2) is 12.1 Å². The summed E-state index contributed by atoms with van der Waals surface area (Å²) < 4.78 is 0.751. The molecule has 1 aromatic heterocycles. The first-order valence-electron chi connectivity index (χ1n) is 3.86. The van der Waals surface area contributed by atoms with Crippen molar-refractivity contribution < 1.29 is 4.79 Å². The highest BCUT2D eigenvalue weighted by Crippen LogP contribution is 2.22. The molecule has 12 heavy (non-hydrogen) atoms. The number of ketones is 1. The minimum Gasteiger partial charge on any atom is -0.299 e. The zero-order chi connectivity index (χ0) is 9.14. The Morgan fingerprint density at radius 1 is 1.58 bits per heavy atom. The average molecular weight is 203 g/mol. The maximum Gasteiger partial charge on any atom is 0.140 e. The maximum atomic E-state index is 11.3. The van der Waals surface area contributed by atoms with Gasteiger partial charge in [0.2, 0.25) is 0 Å². The van der Waals surface area contributed by atoms with E-state index in [1.54, 1.807) is 0 Å². The van der Waals surface area contributed by atoms with Crippen LogP contribution in [0.1, 0.15) is 18.7 Å². The molecular weight excluding hydrogens is 192 g/mol. The van der Waals surface area contributed by atoms with Gasteiger partial charge in [0, 0.05) is 17.2 Å². The van der Waals surface area contributed by atoms with Crippen molar-refractivity contribution in [3.8, 4) is 0 Å². The Labute approximate surface area is 81.4 Å². The SMILES string of the molecule is CC(C)C(=O)Cc1ccc(Cl)s1. The Morgan fingerprint density at radius 2 is 2.25 bits per heavy atom. The van der Waals surface area contributed by atoms with Crippen molar-refractivity contribution in [1.29, 1.82) is 0 Å². The largest absolute Gasteiger partial charge is 0.299 e. The molecule has 0 N–H and O–H groups in total. The van der Waals surface area contributed by atoms with E-state index in [4.69, 9.17) is 11.6 Å². The smallest absolute Gasteiger partial charge is 0.140 e. The molecule has 3 heteroatoms. The minimum absolute atomic E-state index is 0.117. The van der Waals surface area contributed by atoms with Crippen LogP contribution < -0.4 is 0 Å². The predicted molar refractivity (Wildman–Crippen MR) is 52.9 cm³/mol. The second-order valence-electron chi connectivity index (χ2n) is 3.00. The first-order valence-corrected chi connectivity index (χ1v) is 5.06. The number of thiophene rings is 1. The van der Waals surface area contributed by atoms with E-state index in [2.05, 4.69) is 0 Å². The Bertz CT molecular complexity index is 278. The van der Waals surface area contributed by atoms with Crippen molar-refractivity contribution in [1.82, 2.24) is 0 Å². The van der Waals surface area contributed by atoms with Gasteiger partial charge in [-0.1, -0.05) is 25.4 Å². The monoisotopic (exact) mass is 202 g/mol. The van der Waals surface area contributed by atoms with Crippen LogP contribution >= 0.6 is 22.9 Å². The molecule has 1 nitrogen and oxygen atoms in total. The molecule has 1 rings (SSSR count). The van der Waals surface area contributed by atoms with Crippen LogP contribution in [0.2, 0.25) is 4.34 Å². The van der Waals surface area contributed by atoms with Crippen LogP contribution in [0, 0.1) is 5.92 Å². The van der Waals surface area contributed by atoms with Gasteiger partial charge in [-0.2, -0.15) is 0 Å². The van der Waals surface area contributed by atoms with Gasteiger partial charge >= 0.3 is 0 Å². The van der Waals surface area contributed by atoms with Crippen LogP contribution in [0.4, 0.5) is 0 Å². The van der Waals surface area contributed by atoms with Crippen LogP contribution in [0.3, 0.4) is 0 Å². The first kappa shape index (κ1) is 9.75. The van der Waals surface area contributed by atoms with E-state index in [1.165, 1.54) is 11.3 Å². The highest BCUT2D eigenvalue weighted by atomic mass is 35.5. The van der Waals surface area contributed by atoms with Gasteiger partial charge < -0.3 is 0 Å². The quantitative estimate of drug-likeness (QED) is 0.736. The van der Waals surface area contributed by atoms with Gasteiger partial charge in [-0.3, -0.25) is 4.79 Å². The molecule has 0 spiro atoms. The molecule has 0 radical (unpaired) electrons. The van der Waals surface area contributed by atoms with E-state index in [-0.39, 0.29) is 11.7 Å². The lowest BCUT2D eigenvalue weighted by molar-refractivity contribution is -0.121. The molecule has 0 aliphatic carbocycles. The van der Waals surface area contributed by atoms with Gasteiger partial charge in [-0.25, -0.2) is 0 Å². The number of carbonyl (C=O) groups is 1. The Hall–Kier alpha value is -0.340. The molecule has 0 fully saturated rings. The third-order valence-electron chi connectivity index (χ3n) is 1.62. The molecule has 0 aliphatic rings. The number of Topliss-reactive ketones (excluding diaryl/α,β-unsaturated/α-hetero) is 1.